The average Bonchev–Trinajstić information content (AvgIpc) is 2.41. The zero-order valence-electron chi connectivity index (χ0n) is 11.0. The largest absolute Gasteiger partial charge is 0.496 e. The first kappa shape index (κ1) is 14.0. The second-order valence-electron chi connectivity index (χ2n) is 4.57. The Kier molecular flexibility index (Phi) is 4.55. The maximum absolute atomic E-state index is 11.3. The van der Waals surface area contributed by atoms with Crippen LogP contribution in [-0.4, -0.2) is 46.6 Å². The van der Waals surface area contributed by atoms with Crippen LogP contribution >= 0.6 is 0 Å². The summed E-state index contributed by atoms with van der Waals surface area (Å²) in [5.41, 5.74) is 7.28. The number of hydrogen-bond acceptors (Lipinski definition) is 4. The van der Waals surface area contributed by atoms with E-state index in [-0.39, 0.29) is 5.84 Å². The second-order valence-corrected chi connectivity index (χ2v) is 6.27. The van der Waals surface area contributed by atoms with Crippen molar-refractivity contribution in [2.75, 3.05) is 31.7 Å². The van der Waals surface area contributed by atoms with Crippen LogP contribution in [0.5, 0.6) is 5.75 Å². The third kappa shape index (κ3) is 3.54. The smallest absolute Gasteiger partial charge is 0.129 e. The number of benzene rings is 1. The van der Waals surface area contributed by atoms with Gasteiger partial charge in [0.1, 0.15) is 11.6 Å². The van der Waals surface area contributed by atoms with Gasteiger partial charge in [-0.1, -0.05) is 6.07 Å². The van der Waals surface area contributed by atoms with E-state index in [1.54, 1.807) is 7.11 Å². The molecule has 104 valence electrons. The molecule has 1 aliphatic rings. The molecule has 0 spiro atoms. The van der Waals surface area contributed by atoms with Gasteiger partial charge in [-0.05, 0) is 17.7 Å². The number of hydrogen-bond donors (Lipinski definition) is 2. The van der Waals surface area contributed by atoms with Gasteiger partial charge in [0.2, 0.25) is 0 Å². The van der Waals surface area contributed by atoms with Crippen LogP contribution in [0.25, 0.3) is 0 Å². The topological polar surface area (TPSA) is 79.4 Å². The molecule has 19 heavy (non-hydrogen) atoms. The molecule has 1 saturated heterocycles. The fraction of sp³-hybridized carbons (Fsp3) is 0.462. The minimum atomic E-state index is -0.651. The molecule has 0 saturated carbocycles. The number of ether oxygens (including phenoxy) is 1. The van der Waals surface area contributed by atoms with Crippen molar-refractivity contribution < 1.29 is 8.95 Å². The van der Waals surface area contributed by atoms with E-state index in [1.165, 1.54) is 0 Å². The van der Waals surface area contributed by atoms with Gasteiger partial charge in [0, 0.05) is 41.9 Å². The van der Waals surface area contributed by atoms with Gasteiger partial charge < -0.3 is 10.5 Å². The monoisotopic (exact) mass is 281 g/mol. The highest BCUT2D eigenvalue weighted by Crippen LogP contribution is 2.20. The predicted octanol–water partition coefficient (Wildman–Crippen LogP) is 0.544. The summed E-state index contributed by atoms with van der Waals surface area (Å²) in [5.74, 6) is 2.13. The Morgan fingerprint density at radius 2 is 2.16 bits per heavy atom. The number of nitrogens with two attached hydrogens (primary N) is 1. The fourth-order valence-electron chi connectivity index (χ4n) is 2.16. The number of rotatable bonds is 4. The SMILES string of the molecule is COc1ccc(CN2CCS(=O)CC2)cc1C(=N)N. The highest BCUT2D eigenvalue weighted by Gasteiger charge is 2.16. The first-order valence-electron chi connectivity index (χ1n) is 6.19. The average molecular weight is 281 g/mol. The van der Waals surface area contributed by atoms with Crippen molar-refractivity contribution in [1.29, 1.82) is 5.41 Å². The van der Waals surface area contributed by atoms with E-state index in [2.05, 4.69) is 4.90 Å². The molecule has 1 aliphatic heterocycles. The van der Waals surface area contributed by atoms with Crippen LogP contribution in [0.15, 0.2) is 18.2 Å². The molecule has 0 atom stereocenters. The van der Waals surface area contributed by atoms with Gasteiger partial charge in [-0.3, -0.25) is 14.5 Å². The molecular weight excluding hydrogens is 262 g/mol. The summed E-state index contributed by atoms with van der Waals surface area (Å²) in [6.07, 6.45) is 0. The maximum atomic E-state index is 11.3. The normalized spacial score (nSPS) is 17.3. The van der Waals surface area contributed by atoms with Gasteiger partial charge >= 0.3 is 0 Å². The quantitative estimate of drug-likeness (QED) is 0.624. The Labute approximate surface area is 115 Å². The molecular formula is C13H19N3O2S. The zero-order valence-corrected chi connectivity index (χ0v) is 11.8. The maximum Gasteiger partial charge on any atom is 0.129 e. The van der Waals surface area contributed by atoms with E-state index < -0.39 is 10.8 Å². The van der Waals surface area contributed by atoms with Crippen molar-refractivity contribution in [3.8, 4) is 5.75 Å². The highest BCUT2D eigenvalue weighted by atomic mass is 32.2. The summed E-state index contributed by atoms with van der Waals surface area (Å²) in [6, 6.07) is 5.72. The summed E-state index contributed by atoms with van der Waals surface area (Å²) in [4.78, 5) is 2.27. The predicted molar refractivity (Wildman–Crippen MR) is 77.2 cm³/mol. The van der Waals surface area contributed by atoms with Crippen LogP contribution in [0.3, 0.4) is 0 Å². The van der Waals surface area contributed by atoms with E-state index in [9.17, 15) is 4.21 Å². The van der Waals surface area contributed by atoms with Crippen molar-refractivity contribution in [3.05, 3.63) is 29.3 Å². The zero-order chi connectivity index (χ0) is 13.8. The third-order valence-electron chi connectivity index (χ3n) is 3.23. The molecule has 5 nitrogen and oxygen atoms in total. The van der Waals surface area contributed by atoms with Crippen molar-refractivity contribution in [2.24, 2.45) is 5.73 Å². The van der Waals surface area contributed by atoms with Gasteiger partial charge in [0.15, 0.2) is 0 Å². The standard InChI is InChI=1S/C13H19N3O2S/c1-18-12-3-2-10(8-11(12)13(14)15)9-16-4-6-19(17)7-5-16/h2-3,8H,4-7,9H2,1H3,(H3,14,15). The molecule has 0 amide bonds. The van der Waals surface area contributed by atoms with Crippen LogP contribution in [0.4, 0.5) is 0 Å². The number of methoxy groups -OCH3 is 1. The van der Waals surface area contributed by atoms with Crippen molar-refractivity contribution in [3.63, 3.8) is 0 Å². The number of nitrogens with one attached hydrogen (secondary N) is 1. The molecule has 0 unspecified atom stereocenters. The summed E-state index contributed by atoms with van der Waals surface area (Å²) in [6.45, 7) is 2.50. The van der Waals surface area contributed by atoms with Gasteiger partial charge in [0.25, 0.3) is 0 Å². The molecule has 1 fully saturated rings. The van der Waals surface area contributed by atoms with E-state index in [4.69, 9.17) is 15.9 Å². The van der Waals surface area contributed by atoms with Crippen LogP contribution in [-0.2, 0) is 17.3 Å². The lowest BCUT2D eigenvalue weighted by molar-refractivity contribution is 0.291. The molecule has 1 aromatic carbocycles. The minimum Gasteiger partial charge on any atom is -0.496 e. The summed E-state index contributed by atoms with van der Waals surface area (Å²) in [7, 11) is 0.919. The van der Waals surface area contributed by atoms with Gasteiger partial charge in [-0.15, -0.1) is 0 Å². The van der Waals surface area contributed by atoms with E-state index >= 15 is 0 Å². The van der Waals surface area contributed by atoms with Crippen molar-refractivity contribution in [1.82, 2.24) is 4.90 Å². The summed E-state index contributed by atoms with van der Waals surface area (Å²) < 4.78 is 16.5. The Balaban J connectivity index is 2.10. The van der Waals surface area contributed by atoms with Crippen molar-refractivity contribution >= 4 is 16.6 Å². The second kappa shape index (κ2) is 6.16. The molecule has 6 heteroatoms. The lowest BCUT2D eigenvalue weighted by Gasteiger charge is -2.26. The van der Waals surface area contributed by atoms with Gasteiger partial charge in [0.05, 0.1) is 12.7 Å². The summed E-state index contributed by atoms with van der Waals surface area (Å²) >= 11 is 0. The molecule has 0 aliphatic carbocycles. The molecule has 3 N–H and O–H groups in total. The minimum absolute atomic E-state index is 0.0125. The molecule has 1 heterocycles. The lowest BCUT2D eigenvalue weighted by Crippen LogP contribution is -2.37. The van der Waals surface area contributed by atoms with Crippen LogP contribution in [0.1, 0.15) is 11.1 Å². The Hall–Kier alpha value is -1.40. The third-order valence-corrected chi connectivity index (χ3v) is 4.51. The highest BCUT2D eigenvalue weighted by molar-refractivity contribution is 7.85. The first-order valence-corrected chi connectivity index (χ1v) is 7.67. The Morgan fingerprint density at radius 1 is 1.47 bits per heavy atom. The fourth-order valence-corrected chi connectivity index (χ4v) is 3.28. The van der Waals surface area contributed by atoms with Crippen LogP contribution in [0, 0.1) is 5.41 Å². The summed E-state index contributed by atoms with van der Waals surface area (Å²) in [5, 5.41) is 7.57. The molecule has 0 bridgehead atoms. The van der Waals surface area contributed by atoms with Crippen molar-refractivity contribution in [2.45, 2.75) is 6.54 Å². The van der Waals surface area contributed by atoms with E-state index in [0.717, 1.165) is 36.7 Å². The van der Waals surface area contributed by atoms with E-state index in [0.29, 0.717) is 11.3 Å². The molecule has 2 rings (SSSR count). The van der Waals surface area contributed by atoms with Crippen LogP contribution in [0.2, 0.25) is 0 Å². The molecule has 0 radical (unpaired) electrons. The molecule has 0 aromatic heterocycles. The molecule has 1 aromatic rings. The van der Waals surface area contributed by atoms with E-state index in [1.807, 2.05) is 18.2 Å². The number of nitrogen functional groups attached to an aromatic ring is 1. The first-order chi connectivity index (χ1) is 9.10. The Bertz CT molecular complexity index is 495. The van der Waals surface area contributed by atoms with Gasteiger partial charge in [-0.2, -0.15) is 0 Å². The Morgan fingerprint density at radius 3 is 2.74 bits per heavy atom. The number of amidine groups is 1. The van der Waals surface area contributed by atoms with Gasteiger partial charge in [-0.25, -0.2) is 0 Å². The number of nitrogens with zero attached hydrogens (tertiary/aromatic N) is 1. The van der Waals surface area contributed by atoms with Crippen LogP contribution < -0.4 is 10.5 Å². The lowest BCUT2D eigenvalue weighted by atomic mass is 10.1.